The van der Waals surface area contributed by atoms with Gasteiger partial charge < -0.3 is 15.9 Å². The standard InChI is InChI=1S/C27H32FN3O7/c1-5-10(2)31-8-13-14(9-31)21(32)17-12(19(13)28)6-11-7-15-20(30(3)4)23(34)18(26(29)37)25(36)27(15,38)24(35)16(11)22(17)33/h10-11,15-16,18,20,32,38H,5-9H2,1-4H3,(H2,29,37)/t10-,11+,15+,16?,18?,20+,27+/m1/s1. The predicted molar refractivity (Wildman–Crippen MR) is 130 cm³/mol. The van der Waals surface area contributed by atoms with Gasteiger partial charge in [-0.3, -0.25) is 33.8 Å². The molecule has 11 heteroatoms. The van der Waals surface area contributed by atoms with Gasteiger partial charge in [0.1, 0.15) is 11.6 Å². The summed E-state index contributed by atoms with van der Waals surface area (Å²) in [6.45, 7) is 4.50. The molecule has 2 fully saturated rings. The number of halogens is 1. The second kappa shape index (κ2) is 8.75. The molecule has 0 saturated heterocycles. The molecule has 1 aromatic rings. The zero-order valence-electron chi connectivity index (χ0n) is 21.8. The molecule has 0 aromatic heterocycles. The number of nitrogens with two attached hydrogens (primary N) is 1. The molecular weight excluding hydrogens is 497 g/mol. The fourth-order valence-corrected chi connectivity index (χ4v) is 7.17. The van der Waals surface area contributed by atoms with Crippen LogP contribution in [0.15, 0.2) is 0 Å². The van der Waals surface area contributed by atoms with Crippen molar-refractivity contribution in [2.24, 2.45) is 29.4 Å². The van der Waals surface area contributed by atoms with E-state index in [9.17, 15) is 34.2 Å². The van der Waals surface area contributed by atoms with Gasteiger partial charge in [0.25, 0.3) is 0 Å². The minimum Gasteiger partial charge on any atom is -0.507 e. The Balaban J connectivity index is 1.62. The van der Waals surface area contributed by atoms with Crippen LogP contribution in [-0.2, 0) is 38.7 Å². The summed E-state index contributed by atoms with van der Waals surface area (Å²) in [5.41, 5.74) is 2.87. The first-order valence-electron chi connectivity index (χ1n) is 12.9. The van der Waals surface area contributed by atoms with Gasteiger partial charge in [0.15, 0.2) is 34.7 Å². The van der Waals surface area contributed by atoms with Crippen LogP contribution in [0.3, 0.4) is 0 Å². The number of Topliss-reactive ketones (excluding diaryl/α,β-unsaturated/α-hetero) is 4. The highest BCUT2D eigenvalue weighted by molar-refractivity contribution is 6.32. The van der Waals surface area contributed by atoms with Gasteiger partial charge in [-0.1, -0.05) is 6.92 Å². The molecule has 0 radical (unpaired) electrons. The van der Waals surface area contributed by atoms with Crippen LogP contribution in [0.2, 0.25) is 0 Å². The normalized spacial score (nSPS) is 33.6. The summed E-state index contributed by atoms with van der Waals surface area (Å²) in [5.74, 6) is -12.0. The van der Waals surface area contributed by atoms with E-state index in [1.807, 2.05) is 18.7 Å². The molecule has 10 nitrogen and oxygen atoms in total. The van der Waals surface area contributed by atoms with Crippen LogP contribution in [0.5, 0.6) is 5.75 Å². The predicted octanol–water partition coefficient (Wildman–Crippen LogP) is 0.120. The van der Waals surface area contributed by atoms with Gasteiger partial charge in [-0.15, -0.1) is 0 Å². The Hall–Kier alpha value is -3.02. The first kappa shape index (κ1) is 26.6. The summed E-state index contributed by atoms with van der Waals surface area (Å²) in [6, 6.07) is -1.08. The van der Waals surface area contributed by atoms with E-state index in [-0.39, 0.29) is 48.8 Å². The van der Waals surface area contributed by atoms with Gasteiger partial charge in [-0.25, -0.2) is 4.39 Å². The molecular formula is C27H32FN3O7. The molecule has 7 atom stereocenters. The maximum absolute atomic E-state index is 15.9. The molecule has 4 N–H and O–H groups in total. The van der Waals surface area contributed by atoms with E-state index in [4.69, 9.17) is 5.73 Å². The number of hydrogen-bond donors (Lipinski definition) is 3. The second-order valence-corrected chi connectivity index (χ2v) is 11.4. The maximum Gasteiger partial charge on any atom is 0.235 e. The van der Waals surface area contributed by atoms with Crippen LogP contribution >= 0.6 is 0 Å². The van der Waals surface area contributed by atoms with Crippen molar-refractivity contribution in [1.29, 1.82) is 0 Å². The summed E-state index contributed by atoms with van der Waals surface area (Å²) in [4.78, 5) is 69.5. The number of benzene rings is 1. The summed E-state index contributed by atoms with van der Waals surface area (Å²) < 4.78 is 15.9. The summed E-state index contributed by atoms with van der Waals surface area (Å²) >= 11 is 0. The first-order valence-corrected chi connectivity index (χ1v) is 12.9. The molecule has 38 heavy (non-hydrogen) atoms. The lowest BCUT2D eigenvalue weighted by molar-refractivity contribution is -0.181. The molecule has 2 unspecified atom stereocenters. The molecule has 204 valence electrons. The number of carbonyl (C=O) groups excluding carboxylic acids is 5. The molecule has 0 spiro atoms. The van der Waals surface area contributed by atoms with E-state index >= 15 is 4.39 Å². The Morgan fingerprint density at radius 1 is 1.16 bits per heavy atom. The number of aromatic hydroxyl groups is 1. The van der Waals surface area contributed by atoms with Crippen LogP contribution < -0.4 is 5.73 Å². The van der Waals surface area contributed by atoms with Gasteiger partial charge in [0.05, 0.1) is 17.5 Å². The third-order valence-electron chi connectivity index (χ3n) is 9.31. The molecule has 1 aliphatic heterocycles. The van der Waals surface area contributed by atoms with Crippen LogP contribution in [0.25, 0.3) is 0 Å². The Bertz CT molecular complexity index is 1310. The fourth-order valence-electron chi connectivity index (χ4n) is 7.17. The van der Waals surface area contributed by atoms with Crippen molar-refractivity contribution in [3.63, 3.8) is 0 Å². The summed E-state index contributed by atoms with van der Waals surface area (Å²) in [5, 5.41) is 22.8. The molecule has 1 aromatic carbocycles. The highest BCUT2D eigenvalue weighted by atomic mass is 19.1. The quantitative estimate of drug-likeness (QED) is 0.461. The van der Waals surface area contributed by atoms with Gasteiger partial charge >= 0.3 is 0 Å². The number of phenols is 1. The zero-order chi connectivity index (χ0) is 28.0. The first-order chi connectivity index (χ1) is 17.8. The number of amides is 1. The van der Waals surface area contributed by atoms with Gasteiger partial charge in [0.2, 0.25) is 5.91 Å². The lowest BCUT2D eigenvalue weighted by atomic mass is 9.52. The Morgan fingerprint density at radius 2 is 1.79 bits per heavy atom. The lowest BCUT2D eigenvalue weighted by Crippen LogP contribution is -2.74. The number of fused-ring (bicyclic) bond motifs is 4. The highest BCUT2D eigenvalue weighted by Crippen LogP contribution is 2.52. The third kappa shape index (κ3) is 3.31. The lowest BCUT2D eigenvalue weighted by Gasteiger charge is -2.52. The highest BCUT2D eigenvalue weighted by Gasteiger charge is 2.69. The number of aliphatic hydroxyl groups is 1. The number of phenolic OH excluding ortho intramolecular Hbond substituents is 1. The molecule has 5 rings (SSSR count). The average molecular weight is 530 g/mol. The Morgan fingerprint density at radius 3 is 2.37 bits per heavy atom. The van der Waals surface area contributed by atoms with Gasteiger partial charge in [0, 0.05) is 41.7 Å². The van der Waals surface area contributed by atoms with E-state index < -0.39 is 70.2 Å². The second-order valence-electron chi connectivity index (χ2n) is 11.4. The van der Waals surface area contributed by atoms with Crippen LogP contribution in [0.4, 0.5) is 4.39 Å². The molecule has 3 aliphatic carbocycles. The molecule has 1 amide bonds. The van der Waals surface area contributed by atoms with E-state index in [1.54, 1.807) is 0 Å². The van der Waals surface area contributed by atoms with Crippen molar-refractivity contribution in [3.05, 3.63) is 28.1 Å². The fraction of sp³-hybridized carbons (Fsp3) is 0.593. The number of hydrogen-bond acceptors (Lipinski definition) is 9. The van der Waals surface area contributed by atoms with Crippen LogP contribution in [0, 0.1) is 29.5 Å². The average Bonchev–Trinajstić information content (AvgIpc) is 3.30. The number of primary amides is 1. The SMILES string of the molecule is CC[C@@H](C)N1Cc2c(O)c3c(c(F)c2C1)C[C@H]1C[C@H]2[C@H](N(C)C)C(=O)C(C(N)=O)C(=O)[C@@]2(O)C(=O)C1C3=O. The Kier molecular flexibility index (Phi) is 6.12. The smallest absolute Gasteiger partial charge is 0.235 e. The van der Waals surface area contributed by atoms with Crippen molar-refractivity contribution >= 4 is 29.0 Å². The third-order valence-corrected chi connectivity index (χ3v) is 9.31. The minimum atomic E-state index is -2.80. The van der Waals surface area contributed by atoms with Gasteiger partial charge in [-0.05, 0) is 46.2 Å². The van der Waals surface area contributed by atoms with Crippen molar-refractivity contribution in [3.8, 4) is 5.75 Å². The van der Waals surface area contributed by atoms with E-state index in [2.05, 4.69) is 0 Å². The Labute approximate surface area is 218 Å². The minimum absolute atomic E-state index is 0.0154. The van der Waals surface area contributed by atoms with Crippen molar-refractivity contribution < 1.29 is 38.6 Å². The monoisotopic (exact) mass is 529 g/mol. The van der Waals surface area contributed by atoms with Crippen LogP contribution in [0.1, 0.15) is 53.7 Å². The molecule has 4 aliphatic rings. The van der Waals surface area contributed by atoms with Crippen molar-refractivity contribution in [1.82, 2.24) is 9.80 Å². The molecule has 1 heterocycles. The van der Waals surface area contributed by atoms with Crippen molar-refractivity contribution in [2.45, 2.75) is 63.9 Å². The molecule has 0 bridgehead atoms. The number of ketones is 4. The largest absolute Gasteiger partial charge is 0.507 e. The topological polar surface area (TPSA) is 158 Å². The maximum atomic E-state index is 15.9. The van der Waals surface area contributed by atoms with E-state index in [0.717, 1.165) is 6.42 Å². The van der Waals surface area contributed by atoms with E-state index in [1.165, 1.54) is 19.0 Å². The number of carbonyl (C=O) groups is 5. The number of rotatable bonds is 4. The molecule has 2 saturated carbocycles. The van der Waals surface area contributed by atoms with E-state index in [0.29, 0.717) is 11.1 Å². The van der Waals surface area contributed by atoms with Gasteiger partial charge in [-0.2, -0.15) is 0 Å². The number of nitrogens with zero attached hydrogens (tertiary/aromatic N) is 2. The zero-order valence-corrected chi connectivity index (χ0v) is 21.8. The summed E-state index contributed by atoms with van der Waals surface area (Å²) in [7, 11) is 3.03. The van der Waals surface area contributed by atoms with Crippen LogP contribution in [-0.4, -0.2) is 80.8 Å². The summed E-state index contributed by atoms with van der Waals surface area (Å²) in [6.07, 6.45) is 0.613. The number of likely N-dealkylation sites (N-methyl/N-ethyl adjacent to an activating group) is 1. The van der Waals surface area contributed by atoms with Crippen molar-refractivity contribution in [2.75, 3.05) is 14.1 Å².